The van der Waals surface area contributed by atoms with Crippen molar-refractivity contribution in [3.05, 3.63) is 64.9 Å². The van der Waals surface area contributed by atoms with Gasteiger partial charge >= 0.3 is 0 Å². The number of carbonyl (C=O) groups is 1. The van der Waals surface area contributed by atoms with Crippen molar-refractivity contribution >= 4 is 17.5 Å². The first kappa shape index (κ1) is 14.0. The van der Waals surface area contributed by atoms with Gasteiger partial charge in [0.15, 0.2) is 0 Å². The number of nitrogens with zero attached hydrogens (tertiary/aromatic N) is 3. The van der Waals surface area contributed by atoms with Crippen molar-refractivity contribution in [2.45, 2.75) is 6.54 Å². The predicted molar refractivity (Wildman–Crippen MR) is 76.0 cm³/mol. The van der Waals surface area contributed by atoms with Crippen molar-refractivity contribution in [3.63, 3.8) is 0 Å². The van der Waals surface area contributed by atoms with Crippen molar-refractivity contribution in [3.8, 4) is 6.07 Å². The summed E-state index contributed by atoms with van der Waals surface area (Å²) in [6.07, 6.45) is 2.92. The van der Waals surface area contributed by atoms with Crippen molar-refractivity contribution in [2.24, 2.45) is 0 Å². The van der Waals surface area contributed by atoms with Gasteiger partial charge in [0, 0.05) is 18.9 Å². The summed E-state index contributed by atoms with van der Waals surface area (Å²) in [4.78, 5) is 17.7. The van der Waals surface area contributed by atoms with Crippen LogP contribution in [0.3, 0.4) is 0 Å². The fraction of sp³-hybridized carbons (Fsp3) is 0.133. The Balaban J connectivity index is 2.23. The van der Waals surface area contributed by atoms with Crippen molar-refractivity contribution < 1.29 is 4.79 Å². The lowest BCUT2D eigenvalue weighted by molar-refractivity contribution is 0.0765. The van der Waals surface area contributed by atoms with E-state index in [-0.39, 0.29) is 17.5 Å². The summed E-state index contributed by atoms with van der Waals surface area (Å²) in [6.45, 7) is 0.373. The molecule has 0 atom stereocenters. The third-order valence-electron chi connectivity index (χ3n) is 2.77. The van der Waals surface area contributed by atoms with E-state index in [1.807, 2.05) is 36.4 Å². The smallest absolute Gasteiger partial charge is 0.256 e. The third-order valence-corrected chi connectivity index (χ3v) is 3.07. The minimum absolute atomic E-state index is 0.00633. The average Bonchev–Trinajstić information content (AvgIpc) is 2.48. The van der Waals surface area contributed by atoms with E-state index >= 15 is 0 Å². The molecule has 100 valence electrons. The number of amides is 1. The van der Waals surface area contributed by atoms with Crippen LogP contribution in [0.1, 0.15) is 15.9 Å². The van der Waals surface area contributed by atoms with Crippen LogP contribution in [0.25, 0.3) is 0 Å². The third kappa shape index (κ3) is 3.34. The Kier molecular flexibility index (Phi) is 4.70. The summed E-state index contributed by atoms with van der Waals surface area (Å²) >= 11 is 5.97. The number of benzene rings is 1. The normalized spacial score (nSPS) is 9.80. The molecule has 0 aliphatic carbocycles. The van der Waals surface area contributed by atoms with Crippen LogP contribution in [0.2, 0.25) is 5.02 Å². The maximum Gasteiger partial charge on any atom is 0.256 e. The van der Waals surface area contributed by atoms with Gasteiger partial charge in [-0.1, -0.05) is 41.9 Å². The highest BCUT2D eigenvalue weighted by Crippen LogP contribution is 2.17. The number of halogens is 1. The second kappa shape index (κ2) is 6.69. The summed E-state index contributed by atoms with van der Waals surface area (Å²) in [6, 6.07) is 13.1. The van der Waals surface area contributed by atoms with Crippen molar-refractivity contribution in [1.82, 2.24) is 9.88 Å². The highest BCUT2D eigenvalue weighted by molar-refractivity contribution is 6.33. The van der Waals surface area contributed by atoms with Crippen molar-refractivity contribution in [2.75, 3.05) is 6.54 Å². The predicted octanol–water partition coefficient (Wildman–Crippen LogP) is 2.90. The maximum atomic E-state index is 12.4. The summed E-state index contributed by atoms with van der Waals surface area (Å²) in [7, 11) is 0. The van der Waals surface area contributed by atoms with Gasteiger partial charge in [0.2, 0.25) is 0 Å². The van der Waals surface area contributed by atoms with Crippen LogP contribution in [0, 0.1) is 11.3 Å². The molecule has 0 aliphatic heterocycles. The van der Waals surface area contributed by atoms with Crippen LogP contribution < -0.4 is 0 Å². The first-order chi connectivity index (χ1) is 9.72. The highest BCUT2D eigenvalue weighted by Gasteiger charge is 2.18. The number of nitriles is 1. The van der Waals surface area contributed by atoms with Crippen LogP contribution in [-0.2, 0) is 6.54 Å². The number of hydrogen-bond donors (Lipinski definition) is 0. The summed E-state index contributed by atoms with van der Waals surface area (Å²) in [5.41, 5.74) is 1.31. The molecule has 0 bridgehead atoms. The Hall–Kier alpha value is -2.38. The largest absolute Gasteiger partial charge is 0.321 e. The van der Waals surface area contributed by atoms with E-state index in [1.165, 1.54) is 17.3 Å². The second-order valence-corrected chi connectivity index (χ2v) is 4.57. The van der Waals surface area contributed by atoms with Gasteiger partial charge in [0.05, 0.1) is 16.7 Å². The van der Waals surface area contributed by atoms with Gasteiger partial charge in [-0.25, -0.2) is 0 Å². The minimum atomic E-state index is -0.275. The lowest BCUT2D eigenvalue weighted by atomic mass is 10.2. The van der Waals surface area contributed by atoms with E-state index in [1.54, 1.807) is 6.07 Å². The van der Waals surface area contributed by atoms with Crippen LogP contribution >= 0.6 is 11.6 Å². The molecule has 4 nitrogen and oxygen atoms in total. The Morgan fingerprint density at radius 1 is 1.30 bits per heavy atom. The second-order valence-electron chi connectivity index (χ2n) is 4.16. The van der Waals surface area contributed by atoms with E-state index in [4.69, 9.17) is 16.9 Å². The molecule has 1 aromatic carbocycles. The topological polar surface area (TPSA) is 57.0 Å². The van der Waals surface area contributed by atoms with Gasteiger partial charge in [0.1, 0.15) is 6.54 Å². The van der Waals surface area contributed by atoms with Gasteiger partial charge in [0.25, 0.3) is 5.91 Å². The molecule has 0 saturated heterocycles. The Morgan fingerprint density at radius 3 is 2.70 bits per heavy atom. The SMILES string of the molecule is N#CCN(Cc1ccccc1)C(=O)c1ccncc1Cl. The molecular formula is C15H12ClN3O. The first-order valence-electron chi connectivity index (χ1n) is 6.02. The number of aromatic nitrogens is 1. The fourth-order valence-corrected chi connectivity index (χ4v) is 2.01. The molecule has 1 amide bonds. The first-order valence-corrected chi connectivity index (χ1v) is 6.40. The molecular weight excluding hydrogens is 274 g/mol. The number of pyridine rings is 1. The van der Waals surface area contributed by atoms with Gasteiger partial charge in [-0.3, -0.25) is 9.78 Å². The highest BCUT2D eigenvalue weighted by atomic mass is 35.5. The summed E-state index contributed by atoms with van der Waals surface area (Å²) < 4.78 is 0. The van der Waals surface area contributed by atoms with E-state index < -0.39 is 0 Å². The Morgan fingerprint density at radius 2 is 2.05 bits per heavy atom. The van der Waals surface area contributed by atoms with Crippen LogP contribution in [0.15, 0.2) is 48.8 Å². The molecule has 2 rings (SSSR count). The van der Waals surface area contributed by atoms with E-state index in [0.717, 1.165) is 5.56 Å². The zero-order valence-electron chi connectivity index (χ0n) is 10.7. The van der Waals surface area contributed by atoms with Gasteiger partial charge in [-0.2, -0.15) is 5.26 Å². The van der Waals surface area contributed by atoms with Crippen LogP contribution in [0.4, 0.5) is 0 Å². The molecule has 20 heavy (non-hydrogen) atoms. The maximum absolute atomic E-state index is 12.4. The zero-order valence-corrected chi connectivity index (χ0v) is 11.4. The number of rotatable bonds is 4. The van der Waals surface area contributed by atoms with E-state index in [2.05, 4.69) is 4.98 Å². The molecule has 0 saturated carbocycles. The monoisotopic (exact) mass is 285 g/mol. The summed E-state index contributed by atoms with van der Waals surface area (Å²) in [5, 5.41) is 9.18. The molecule has 1 aromatic heterocycles. The standard InChI is InChI=1S/C15H12ClN3O/c16-14-10-18-8-6-13(14)15(20)19(9-7-17)11-12-4-2-1-3-5-12/h1-6,8,10H,9,11H2. The Bertz CT molecular complexity index is 637. The minimum Gasteiger partial charge on any atom is -0.321 e. The number of hydrogen-bond acceptors (Lipinski definition) is 3. The molecule has 2 aromatic rings. The quantitative estimate of drug-likeness (QED) is 0.812. The molecule has 0 radical (unpaired) electrons. The molecule has 0 N–H and O–H groups in total. The van der Waals surface area contributed by atoms with Gasteiger partial charge in [-0.05, 0) is 11.6 Å². The lowest BCUT2D eigenvalue weighted by Crippen LogP contribution is -2.31. The van der Waals surface area contributed by atoms with E-state index in [0.29, 0.717) is 12.1 Å². The molecule has 0 spiro atoms. The van der Waals surface area contributed by atoms with Gasteiger partial charge in [-0.15, -0.1) is 0 Å². The number of carbonyl (C=O) groups excluding carboxylic acids is 1. The van der Waals surface area contributed by atoms with E-state index in [9.17, 15) is 4.79 Å². The molecule has 1 heterocycles. The van der Waals surface area contributed by atoms with Gasteiger partial charge < -0.3 is 4.90 Å². The Labute approximate surface area is 122 Å². The van der Waals surface area contributed by atoms with Crippen LogP contribution in [0.5, 0.6) is 0 Å². The molecule has 5 heteroatoms. The van der Waals surface area contributed by atoms with Crippen molar-refractivity contribution in [1.29, 1.82) is 5.26 Å². The molecule has 0 unspecified atom stereocenters. The fourth-order valence-electron chi connectivity index (χ4n) is 1.81. The van der Waals surface area contributed by atoms with Crippen LogP contribution in [-0.4, -0.2) is 22.3 Å². The molecule has 0 aliphatic rings. The molecule has 0 fully saturated rings. The lowest BCUT2D eigenvalue weighted by Gasteiger charge is -2.20. The summed E-state index contributed by atoms with van der Waals surface area (Å²) in [5.74, 6) is -0.275. The zero-order chi connectivity index (χ0) is 14.4. The average molecular weight is 286 g/mol.